The Labute approximate surface area is 132 Å². The summed E-state index contributed by atoms with van der Waals surface area (Å²) in [5, 5.41) is 12.3. The van der Waals surface area contributed by atoms with Crippen LogP contribution in [0.25, 0.3) is 0 Å². The lowest BCUT2D eigenvalue weighted by molar-refractivity contribution is -0.122. The van der Waals surface area contributed by atoms with Crippen molar-refractivity contribution in [2.24, 2.45) is 0 Å². The van der Waals surface area contributed by atoms with Crippen molar-refractivity contribution < 1.29 is 9.90 Å². The minimum atomic E-state index is -0.118. The molecule has 2 aromatic carbocycles. The van der Waals surface area contributed by atoms with Crippen molar-refractivity contribution in [3.05, 3.63) is 71.3 Å². The summed E-state index contributed by atoms with van der Waals surface area (Å²) in [5.74, 6) is -0.0757. The Bertz CT molecular complexity index is 595. The summed E-state index contributed by atoms with van der Waals surface area (Å²) in [6.45, 7) is 2.52. The van der Waals surface area contributed by atoms with Crippen molar-refractivity contribution >= 4 is 5.91 Å². The Morgan fingerprint density at radius 3 is 2.32 bits per heavy atom. The molecular weight excluding hydrogens is 274 g/mol. The maximum Gasteiger partial charge on any atom is 0.227 e. The second-order valence-electron chi connectivity index (χ2n) is 5.40. The van der Waals surface area contributed by atoms with Gasteiger partial charge >= 0.3 is 0 Å². The van der Waals surface area contributed by atoms with Crippen molar-refractivity contribution in [1.82, 2.24) is 5.32 Å². The molecule has 2 N–H and O–H groups in total. The predicted molar refractivity (Wildman–Crippen MR) is 88.3 cm³/mol. The molecule has 2 rings (SSSR count). The van der Waals surface area contributed by atoms with Crippen LogP contribution in [0.15, 0.2) is 54.6 Å². The lowest BCUT2D eigenvalue weighted by Crippen LogP contribution is -2.29. The molecule has 0 aliphatic rings. The molecule has 0 spiro atoms. The van der Waals surface area contributed by atoms with Crippen LogP contribution < -0.4 is 5.32 Å². The fourth-order valence-corrected chi connectivity index (χ4v) is 2.61. The molecule has 0 aromatic heterocycles. The Morgan fingerprint density at radius 2 is 1.68 bits per heavy atom. The monoisotopic (exact) mass is 297 g/mol. The third-order valence-corrected chi connectivity index (χ3v) is 3.84. The van der Waals surface area contributed by atoms with Gasteiger partial charge in [0.15, 0.2) is 0 Å². The van der Waals surface area contributed by atoms with E-state index in [-0.39, 0.29) is 18.4 Å². The van der Waals surface area contributed by atoms with Gasteiger partial charge in [-0.25, -0.2) is 0 Å². The number of hydrogen-bond donors (Lipinski definition) is 2. The molecule has 1 atom stereocenters. The number of aliphatic hydroxyl groups excluding tert-OH is 1. The van der Waals surface area contributed by atoms with Gasteiger partial charge in [0.2, 0.25) is 5.91 Å². The molecule has 0 saturated carbocycles. The summed E-state index contributed by atoms with van der Waals surface area (Å²) in [7, 11) is 0. The quantitative estimate of drug-likeness (QED) is 0.823. The number of nitrogens with one attached hydrogen (secondary N) is 1. The minimum Gasteiger partial charge on any atom is -0.392 e. The smallest absolute Gasteiger partial charge is 0.227 e. The summed E-state index contributed by atoms with van der Waals surface area (Å²) in [5.41, 5.74) is 2.87. The molecular formula is C19H23NO2. The van der Waals surface area contributed by atoms with Gasteiger partial charge in [0.25, 0.3) is 0 Å². The lowest BCUT2D eigenvalue weighted by atomic mass is 9.93. The van der Waals surface area contributed by atoms with Crippen LogP contribution in [0.5, 0.6) is 0 Å². The number of benzene rings is 2. The van der Waals surface area contributed by atoms with Crippen molar-refractivity contribution in [3.8, 4) is 0 Å². The van der Waals surface area contributed by atoms with E-state index in [2.05, 4.69) is 12.2 Å². The van der Waals surface area contributed by atoms with Gasteiger partial charge in [0.1, 0.15) is 0 Å². The summed E-state index contributed by atoms with van der Waals surface area (Å²) in [6, 6.07) is 17.5. The van der Waals surface area contributed by atoms with Crippen molar-refractivity contribution in [3.63, 3.8) is 0 Å². The molecule has 3 nitrogen and oxygen atoms in total. The molecule has 116 valence electrons. The first-order valence-corrected chi connectivity index (χ1v) is 7.76. The number of carbonyl (C=O) groups excluding carboxylic acids is 1. The SMILES string of the molecule is CCCC(C(=O)NCc1ccccc1CO)c1ccccc1. The van der Waals surface area contributed by atoms with E-state index in [1.807, 2.05) is 54.6 Å². The molecule has 22 heavy (non-hydrogen) atoms. The molecule has 1 amide bonds. The minimum absolute atomic E-state index is 0.0108. The van der Waals surface area contributed by atoms with E-state index in [0.717, 1.165) is 29.5 Å². The molecule has 0 aliphatic heterocycles. The average Bonchev–Trinajstić information content (AvgIpc) is 2.58. The van der Waals surface area contributed by atoms with Gasteiger partial charge in [0, 0.05) is 6.54 Å². The molecule has 3 heteroatoms. The van der Waals surface area contributed by atoms with Gasteiger partial charge in [-0.05, 0) is 23.1 Å². The first-order chi connectivity index (χ1) is 10.8. The number of rotatable bonds is 7. The first-order valence-electron chi connectivity index (χ1n) is 7.76. The summed E-state index contributed by atoms with van der Waals surface area (Å²) < 4.78 is 0. The summed E-state index contributed by atoms with van der Waals surface area (Å²) in [6.07, 6.45) is 1.79. The zero-order valence-corrected chi connectivity index (χ0v) is 13.0. The Kier molecular flexibility index (Phi) is 6.16. The van der Waals surface area contributed by atoms with Crippen LogP contribution in [0.2, 0.25) is 0 Å². The average molecular weight is 297 g/mol. The second-order valence-corrected chi connectivity index (χ2v) is 5.40. The molecule has 0 saturated heterocycles. The normalized spacial score (nSPS) is 11.9. The Morgan fingerprint density at radius 1 is 1.05 bits per heavy atom. The molecule has 0 radical (unpaired) electrons. The van der Waals surface area contributed by atoms with E-state index >= 15 is 0 Å². The van der Waals surface area contributed by atoms with E-state index in [1.165, 1.54) is 0 Å². The van der Waals surface area contributed by atoms with Crippen LogP contribution >= 0.6 is 0 Å². The van der Waals surface area contributed by atoms with E-state index in [1.54, 1.807) is 0 Å². The zero-order valence-electron chi connectivity index (χ0n) is 13.0. The standard InChI is InChI=1S/C19H23NO2/c1-2-8-18(15-9-4-3-5-10-15)19(22)20-13-16-11-6-7-12-17(16)14-21/h3-7,9-12,18,21H,2,8,13-14H2,1H3,(H,20,22). The van der Waals surface area contributed by atoms with Crippen LogP contribution in [0.1, 0.15) is 42.4 Å². The van der Waals surface area contributed by atoms with Crippen LogP contribution in [0.3, 0.4) is 0 Å². The second kappa shape index (κ2) is 8.35. The summed E-state index contributed by atoms with van der Waals surface area (Å²) >= 11 is 0. The largest absolute Gasteiger partial charge is 0.392 e. The van der Waals surface area contributed by atoms with Crippen LogP contribution in [-0.4, -0.2) is 11.0 Å². The van der Waals surface area contributed by atoms with Crippen LogP contribution in [0, 0.1) is 0 Å². The third kappa shape index (κ3) is 4.18. The highest BCUT2D eigenvalue weighted by molar-refractivity contribution is 5.83. The Balaban J connectivity index is 2.06. The predicted octanol–water partition coefficient (Wildman–Crippen LogP) is 3.38. The maximum atomic E-state index is 12.5. The highest BCUT2D eigenvalue weighted by atomic mass is 16.3. The van der Waals surface area contributed by atoms with Gasteiger partial charge in [-0.1, -0.05) is 67.9 Å². The zero-order chi connectivity index (χ0) is 15.8. The molecule has 2 aromatic rings. The van der Waals surface area contributed by atoms with E-state index in [4.69, 9.17) is 0 Å². The maximum absolute atomic E-state index is 12.5. The third-order valence-electron chi connectivity index (χ3n) is 3.84. The van der Waals surface area contributed by atoms with E-state index < -0.39 is 0 Å². The highest BCUT2D eigenvalue weighted by Gasteiger charge is 2.19. The molecule has 0 heterocycles. The van der Waals surface area contributed by atoms with E-state index in [0.29, 0.717) is 6.54 Å². The Hall–Kier alpha value is -2.13. The van der Waals surface area contributed by atoms with Crippen LogP contribution in [-0.2, 0) is 17.9 Å². The van der Waals surface area contributed by atoms with Crippen molar-refractivity contribution in [2.45, 2.75) is 38.8 Å². The van der Waals surface area contributed by atoms with Crippen LogP contribution in [0.4, 0.5) is 0 Å². The number of hydrogen-bond acceptors (Lipinski definition) is 2. The number of aliphatic hydroxyl groups is 1. The number of amides is 1. The topological polar surface area (TPSA) is 49.3 Å². The first kappa shape index (κ1) is 16.2. The van der Waals surface area contributed by atoms with Gasteiger partial charge in [-0.2, -0.15) is 0 Å². The van der Waals surface area contributed by atoms with Gasteiger partial charge < -0.3 is 10.4 Å². The molecule has 0 aliphatic carbocycles. The van der Waals surface area contributed by atoms with Gasteiger partial charge in [0.05, 0.1) is 12.5 Å². The highest BCUT2D eigenvalue weighted by Crippen LogP contribution is 2.21. The fourth-order valence-electron chi connectivity index (χ4n) is 2.61. The lowest BCUT2D eigenvalue weighted by Gasteiger charge is -2.17. The fraction of sp³-hybridized carbons (Fsp3) is 0.316. The molecule has 0 bridgehead atoms. The van der Waals surface area contributed by atoms with Gasteiger partial charge in [-0.15, -0.1) is 0 Å². The van der Waals surface area contributed by atoms with Gasteiger partial charge in [-0.3, -0.25) is 4.79 Å². The molecule has 0 fully saturated rings. The van der Waals surface area contributed by atoms with E-state index in [9.17, 15) is 9.90 Å². The number of carbonyl (C=O) groups is 1. The molecule has 1 unspecified atom stereocenters. The van der Waals surface area contributed by atoms with Crippen molar-refractivity contribution in [1.29, 1.82) is 0 Å². The summed E-state index contributed by atoms with van der Waals surface area (Å²) in [4.78, 5) is 12.5. The van der Waals surface area contributed by atoms with Crippen molar-refractivity contribution in [2.75, 3.05) is 0 Å².